The molecule has 0 amide bonds. The highest BCUT2D eigenvalue weighted by Gasteiger charge is 2.25. The van der Waals surface area contributed by atoms with Crippen molar-refractivity contribution >= 4 is 0 Å². The van der Waals surface area contributed by atoms with Crippen molar-refractivity contribution in [3.05, 3.63) is 35.9 Å². The van der Waals surface area contributed by atoms with E-state index in [-0.39, 0.29) is 0 Å². The smallest absolute Gasteiger partial charge is 0.00989 e. The van der Waals surface area contributed by atoms with Gasteiger partial charge in [0, 0.05) is 6.04 Å². The zero-order chi connectivity index (χ0) is 13.3. The van der Waals surface area contributed by atoms with E-state index in [9.17, 15) is 0 Å². The van der Waals surface area contributed by atoms with Gasteiger partial charge in [0.1, 0.15) is 0 Å². The Bertz CT molecular complexity index is 333. The first-order valence-corrected chi connectivity index (χ1v) is 8.17. The molecule has 19 heavy (non-hydrogen) atoms. The molecule has 1 N–H and O–H groups in total. The molecular formula is C18H29N. The van der Waals surface area contributed by atoms with E-state index in [0.717, 1.165) is 12.0 Å². The molecule has 1 aliphatic rings. The number of benzene rings is 1. The van der Waals surface area contributed by atoms with E-state index in [0.29, 0.717) is 0 Å². The van der Waals surface area contributed by atoms with Gasteiger partial charge in [-0.3, -0.25) is 0 Å². The van der Waals surface area contributed by atoms with Gasteiger partial charge in [-0.1, -0.05) is 69.4 Å². The van der Waals surface area contributed by atoms with Crippen molar-refractivity contribution in [2.45, 2.75) is 64.3 Å². The summed E-state index contributed by atoms with van der Waals surface area (Å²) < 4.78 is 0. The van der Waals surface area contributed by atoms with Crippen LogP contribution < -0.4 is 5.32 Å². The third-order valence-corrected chi connectivity index (χ3v) is 4.45. The highest BCUT2D eigenvalue weighted by molar-refractivity contribution is 5.16. The molecule has 2 atom stereocenters. The third kappa shape index (κ3) is 4.99. The quantitative estimate of drug-likeness (QED) is 0.674. The van der Waals surface area contributed by atoms with Crippen molar-refractivity contribution in [3.63, 3.8) is 0 Å². The first-order valence-electron chi connectivity index (χ1n) is 8.17. The molecule has 1 aliphatic heterocycles. The Morgan fingerprint density at radius 2 is 1.84 bits per heavy atom. The summed E-state index contributed by atoms with van der Waals surface area (Å²) in [5.74, 6) is 0.855. The van der Waals surface area contributed by atoms with Crippen LogP contribution in [0.15, 0.2) is 30.3 Å². The summed E-state index contributed by atoms with van der Waals surface area (Å²) in [6, 6.07) is 11.8. The average Bonchev–Trinajstić information content (AvgIpc) is 2.87. The number of rotatable bonds is 8. The molecular weight excluding hydrogens is 230 g/mol. The molecule has 0 radical (unpaired) electrons. The first kappa shape index (κ1) is 14.6. The fourth-order valence-corrected chi connectivity index (χ4v) is 3.29. The Labute approximate surface area is 118 Å². The van der Waals surface area contributed by atoms with Gasteiger partial charge in [0.2, 0.25) is 0 Å². The van der Waals surface area contributed by atoms with Gasteiger partial charge in [0.05, 0.1) is 0 Å². The molecule has 106 valence electrons. The van der Waals surface area contributed by atoms with Gasteiger partial charge in [0.15, 0.2) is 0 Å². The van der Waals surface area contributed by atoms with Crippen molar-refractivity contribution < 1.29 is 0 Å². The van der Waals surface area contributed by atoms with Crippen LogP contribution in [0.4, 0.5) is 0 Å². The van der Waals surface area contributed by atoms with E-state index in [1.807, 2.05) is 0 Å². The average molecular weight is 259 g/mol. The molecule has 0 bridgehead atoms. The van der Waals surface area contributed by atoms with Gasteiger partial charge in [-0.2, -0.15) is 0 Å². The normalized spacial score (nSPS) is 22.8. The Morgan fingerprint density at radius 3 is 2.63 bits per heavy atom. The summed E-state index contributed by atoms with van der Waals surface area (Å²) in [5, 5.41) is 3.72. The van der Waals surface area contributed by atoms with Crippen molar-refractivity contribution in [2.24, 2.45) is 5.92 Å². The lowest BCUT2D eigenvalue weighted by molar-refractivity contribution is 0.404. The van der Waals surface area contributed by atoms with E-state index in [4.69, 9.17) is 0 Å². The molecule has 0 aromatic heterocycles. The van der Waals surface area contributed by atoms with Crippen LogP contribution in [-0.2, 0) is 6.42 Å². The minimum absolute atomic E-state index is 0.766. The Hall–Kier alpha value is -0.820. The van der Waals surface area contributed by atoms with Gasteiger partial charge < -0.3 is 5.32 Å². The van der Waals surface area contributed by atoms with Crippen LogP contribution in [0, 0.1) is 5.92 Å². The third-order valence-electron chi connectivity index (χ3n) is 4.45. The minimum Gasteiger partial charge on any atom is -0.314 e. The Kier molecular flexibility index (Phi) is 6.43. The topological polar surface area (TPSA) is 12.0 Å². The van der Waals surface area contributed by atoms with Gasteiger partial charge in [-0.25, -0.2) is 0 Å². The zero-order valence-corrected chi connectivity index (χ0v) is 12.4. The van der Waals surface area contributed by atoms with Crippen LogP contribution in [-0.4, -0.2) is 12.6 Å². The lowest BCUT2D eigenvalue weighted by Crippen LogP contribution is -2.27. The molecule has 2 unspecified atom stereocenters. The fourth-order valence-electron chi connectivity index (χ4n) is 3.29. The van der Waals surface area contributed by atoms with Crippen LogP contribution in [0.3, 0.4) is 0 Å². The molecule has 1 nitrogen and oxygen atoms in total. The molecule has 1 aromatic rings. The molecule has 2 rings (SSSR count). The summed E-state index contributed by atoms with van der Waals surface area (Å²) in [6.07, 6.45) is 11.0. The molecule has 0 aliphatic carbocycles. The largest absolute Gasteiger partial charge is 0.314 e. The van der Waals surface area contributed by atoms with Crippen molar-refractivity contribution in [1.82, 2.24) is 5.32 Å². The molecule has 1 aromatic carbocycles. The minimum atomic E-state index is 0.766. The van der Waals surface area contributed by atoms with Gasteiger partial charge in [-0.15, -0.1) is 0 Å². The van der Waals surface area contributed by atoms with Gasteiger partial charge >= 0.3 is 0 Å². The fraction of sp³-hybridized carbons (Fsp3) is 0.667. The molecule has 1 heteroatoms. The van der Waals surface area contributed by atoms with E-state index >= 15 is 0 Å². The highest BCUT2D eigenvalue weighted by atomic mass is 14.9. The maximum Gasteiger partial charge on any atom is 0.00989 e. The second-order valence-electron chi connectivity index (χ2n) is 6.00. The van der Waals surface area contributed by atoms with Gasteiger partial charge in [0.25, 0.3) is 0 Å². The monoisotopic (exact) mass is 259 g/mol. The van der Waals surface area contributed by atoms with Crippen molar-refractivity contribution in [3.8, 4) is 0 Å². The van der Waals surface area contributed by atoms with E-state index in [1.54, 1.807) is 0 Å². The second-order valence-corrected chi connectivity index (χ2v) is 6.00. The van der Waals surface area contributed by atoms with Crippen LogP contribution in [0.5, 0.6) is 0 Å². The van der Waals surface area contributed by atoms with Crippen LogP contribution in [0.1, 0.15) is 57.4 Å². The molecule has 0 saturated carbocycles. The maximum atomic E-state index is 3.72. The summed E-state index contributed by atoms with van der Waals surface area (Å²) in [6.45, 7) is 3.51. The summed E-state index contributed by atoms with van der Waals surface area (Å²) in [4.78, 5) is 0. The lowest BCUT2D eigenvalue weighted by Gasteiger charge is -2.19. The Balaban J connectivity index is 1.71. The van der Waals surface area contributed by atoms with Crippen LogP contribution in [0.25, 0.3) is 0 Å². The van der Waals surface area contributed by atoms with E-state index < -0.39 is 0 Å². The second kappa shape index (κ2) is 8.37. The number of nitrogens with one attached hydrogen (secondary N) is 1. The molecule has 1 saturated heterocycles. The maximum absolute atomic E-state index is 3.72. The molecule has 1 fully saturated rings. The summed E-state index contributed by atoms with van der Waals surface area (Å²) in [5.41, 5.74) is 1.51. The highest BCUT2D eigenvalue weighted by Crippen LogP contribution is 2.24. The first-order chi connectivity index (χ1) is 9.40. The van der Waals surface area contributed by atoms with Crippen molar-refractivity contribution in [2.75, 3.05) is 6.54 Å². The Morgan fingerprint density at radius 1 is 1.05 bits per heavy atom. The number of hydrogen-bond acceptors (Lipinski definition) is 1. The van der Waals surface area contributed by atoms with Crippen molar-refractivity contribution in [1.29, 1.82) is 0 Å². The number of unbranched alkanes of at least 4 members (excludes halogenated alkanes) is 4. The predicted octanol–water partition coefficient (Wildman–Crippen LogP) is 4.57. The lowest BCUT2D eigenvalue weighted by atomic mass is 9.89. The zero-order valence-electron chi connectivity index (χ0n) is 12.4. The SMILES string of the molecule is CCCCCCCC1NCCC1Cc1ccccc1. The summed E-state index contributed by atoms with van der Waals surface area (Å²) in [7, 11) is 0. The summed E-state index contributed by atoms with van der Waals surface area (Å²) >= 11 is 0. The van der Waals surface area contributed by atoms with E-state index in [1.165, 1.54) is 63.5 Å². The molecule has 1 heterocycles. The molecule has 0 spiro atoms. The number of hydrogen-bond donors (Lipinski definition) is 1. The van der Waals surface area contributed by atoms with Gasteiger partial charge in [-0.05, 0) is 37.3 Å². The van der Waals surface area contributed by atoms with Crippen LogP contribution in [0.2, 0.25) is 0 Å². The van der Waals surface area contributed by atoms with Crippen LogP contribution >= 0.6 is 0 Å². The van der Waals surface area contributed by atoms with E-state index in [2.05, 4.69) is 42.6 Å². The standard InChI is InChI=1S/C18H29N/c1-2-3-4-5-9-12-18-17(13-14-19-18)15-16-10-7-6-8-11-16/h6-8,10-11,17-19H,2-5,9,12-15H2,1H3. The predicted molar refractivity (Wildman–Crippen MR) is 83.4 cm³/mol.